The predicted octanol–water partition coefficient (Wildman–Crippen LogP) is 0.760. The van der Waals surface area contributed by atoms with Crippen molar-refractivity contribution in [3.63, 3.8) is 0 Å². The van der Waals surface area contributed by atoms with E-state index < -0.39 is 5.97 Å². The van der Waals surface area contributed by atoms with Crippen LogP contribution in [-0.4, -0.2) is 39.0 Å². The highest BCUT2D eigenvalue weighted by Crippen LogP contribution is 2.19. The summed E-state index contributed by atoms with van der Waals surface area (Å²) in [7, 11) is 0. The lowest BCUT2D eigenvalue weighted by atomic mass is 10.5. The first-order valence-electron chi connectivity index (χ1n) is 4.32. The third kappa shape index (κ3) is 2.42. The monoisotopic (exact) mass is 176 g/mol. The van der Waals surface area contributed by atoms with Crippen LogP contribution in [0.25, 0.3) is 0 Å². The first kappa shape index (κ1) is 9.92. The van der Waals surface area contributed by atoms with E-state index in [-0.39, 0.29) is 0 Å². The fourth-order valence-corrected chi connectivity index (χ4v) is 1.14. The Bertz CT molecular complexity index is 105. The second kappa shape index (κ2) is 4.77. The van der Waals surface area contributed by atoms with E-state index in [0.717, 1.165) is 0 Å². The Morgan fingerprint density at radius 1 is 1.17 bits per heavy atom. The summed E-state index contributed by atoms with van der Waals surface area (Å²) in [5.41, 5.74) is 0. The number of rotatable bonds is 4. The van der Waals surface area contributed by atoms with Gasteiger partial charge in [-0.1, -0.05) is 0 Å². The number of ether oxygens (including phenoxy) is 4. The maximum Gasteiger partial charge on any atom is 0.307 e. The van der Waals surface area contributed by atoms with Crippen molar-refractivity contribution in [2.45, 2.75) is 19.8 Å². The second-order valence-corrected chi connectivity index (χ2v) is 2.45. The first-order valence-corrected chi connectivity index (χ1v) is 4.32. The third-order valence-electron chi connectivity index (χ3n) is 1.56. The topological polar surface area (TPSA) is 36.9 Å². The molecule has 0 aromatic heterocycles. The van der Waals surface area contributed by atoms with Gasteiger partial charge < -0.3 is 18.9 Å². The summed E-state index contributed by atoms with van der Waals surface area (Å²) in [6, 6.07) is 0. The lowest BCUT2D eigenvalue weighted by molar-refractivity contribution is -0.411. The van der Waals surface area contributed by atoms with E-state index in [0.29, 0.717) is 33.0 Å². The molecule has 4 nitrogen and oxygen atoms in total. The standard InChI is InChI=1S/C8H16O4/c1-3-10-8(11-4-2)7-9-5-6-12-8/h3-7H2,1-2H3. The molecule has 0 bridgehead atoms. The molecule has 1 fully saturated rings. The molecule has 1 aliphatic rings. The Morgan fingerprint density at radius 2 is 1.83 bits per heavy atom. The van der Waals surface area contributed by atoms with Crippen LogP contribution >= 0.6 is 0 Å². The SMILES string of the molecule is CCOC1(OCC)COCCO1. The van der Waals surface area contributed by atoms with Gasteiger partial charge in [-0.2, -0.15) is 0 Å². The van der Waals surface area contributed by atoms with Gasteiger partial charge in [-0.15, -0.1) is 0 Å². The summed E-state index contributed by atoms with van der Waals surface area (Å²) in [5.74, 6) is -0.943. The van der Waals surface area contributed by atoms with E-state index in [1.54, 1.807) is 0 Å². The van der Waals surface area contributed by atoms with Crippen LogP contribution in [0.15, 0.2) is 0 Å². The van der Waals surface area contributed by atoms with Gasteiger partial charge in [0, 0.05) is 13.2 Å². The van der Waals surface area contributed by atoms with Gasteiger partial charge in [-0.05, 0) is 13.8 Å². The summed E-state index contributed by atoms with van der Waals surface area (Å²) in [5, 5.41) is 0. The zero-order chi connectivity index (χ0) is 8.86. The Morgan fingerprint density at radius 3 is 2.25 bits per heavy atom. The van der Waals surface area contributed by atoms with Gasteiger partial charge in [0.2, 0.25) is 0 Å². The van der Waals surface area contributed by atoms with Gasteiger partial charge in [0.15, 0.2) is 0 Å². The maximum absolute atomic E-state index is 5.38. The molecule has 0 spiro atoms. The van der Waals surface area contributed by atoms with Crippen LogP contribution in [0.2, 0.25) is 0 Å². The molecule has 1 rings (SSSR count). The van der Waals surface area contributed by atoms with Crippen LogP contribution in [0.4, 0.5) is 0 Å². The van der Waals surface area contributed by atoms with Crippen LogP contribution in [-0.2, 0) is 18.9 Å². The van der Waals surface area contributed by atoms with Crippen molar-refractivity contribution in [3.05, 3.63) is 0 Å². The molecule has 1 heterocycles. The smallest absolute Gasteiger partial charge is 0.307 e. The highest BCUT2D eigenvalue weighted by atomic mass is 16.9. The fraction of sp³-hybridized carbons (Fsp3) is 1.00. The molecule has 1 aliphatic heterocycles. The van der Waals surface area contributed by atoms with Crippen molar-refractivity contribution in [1.82, 2.24) is 0 Å². The van der Waals surface area contributed by atoms with Crippen molar-refractivity contribution in [2.24, 2.45) is 0 Å². The average Bonchev–Trinajstić information content (AvgIpc) is 2.07. The molecule has 0 aliphatic carbocycles. The number of hydrogen-bond donors (Lipinski definition) is 0. The molecule has 12 heavy (non-hydrogen) atoms. The summed E-state index contributed by atoms with van der Waals surface area (Å²) < 4.78 is 21.3. The highest BCUT2D eigenvalue weighted by molar-refractivity contribution is 4.60. The Kier molecular flexibility index (Phi) is 3.94. The van der Waals surface area contributed by atoms with Crippen molar-refractivity contribution in [3.8, 4) is 0 Å². The molecule has 0 N–H and O–H groups in total. The normalized spacial score (nSPS) is 22.5. The lowest BCUT2D eigenvalue weighted by Gasteiger charge is -2.35. The van der Waals surface area contributed by atoms with Gasteiger partial charge in [-0.3, -0.25) is 0 Å². The highest BCUT2D eigenvalue weighted by Gasteiger charge is 2.35. The molecule has 4 heteroatoms. The second-order valence-electron chi connectivity index (χ2n) is 2.45. The molecule has 0 radical (unpaired) electrons. The fourth-order valence-electron chi connectivity index (χ4n) is 1.14. The van der Waals surface area contributed by atoms with E-state index in [1.807, 2.05) is 13.8 Å². The maximum atomic E-state index is 5.38. The zero-order valence-electron chi connectivity index (χ0n) is 7.67. The van der Waals surface area contributed by atoms with E-state index in [9.17, 15) is 0 Å². The van der Waals surface area contributed by atoms with Crippen molar-refractivity contribution in [1.29, 1.82) is 0 Å². The summed E-state index contributed by atoms with van der Waals surface area (Å²) in [6.07, 6.45) is 0. The molecular weight excluding hydrogens is 160 g/mol. The molecule has 72 valence electrons. The van der Waals surface area contributed by atoms with Gasteiger partial charge in [0.05, 0.1) is 13.2 Å². The summed E-state index contributed by atoms with van der Waals surface area (Å²) in [4.78, 5) is 0. The molecule has 0 unspecified atom stereocenters. The van der Waals surface area contributed by atoms with Crippen molar-refractivity contribution in [2.75, 3.05) is 33.0 Å². The summed E-state index contributed by atoms with van der Waals surface area (Å²) >= 11 is 0. The Labute approximate surface area is 72.7 Å². The van der Waals surface area contributed by atoms with Gasteiger partial charge >= 0.3 is 5.97 Å². The van der Waals surface area contributed by atoms with Crippen molar-refractivity contribution >= 4 is 0 Å². The molecule has 0 atom stereocenters. The summed E-state index contributed by atoms with van der Waals surface area (Å²) in [6.45, 7) is 6.42. The Balaban J connectivity index is 2.44. The van der Waals surface area contributed by atoms with E-state index >= 15 is 0 Å². The first-order chi connectivity index (χ1) is 5.83. The van der Waals surface area contributed by atoms with Crippen LogP contribution in [0.1, 0.15) is 13.8 Å². The predicted molar refractivity (Wildman–Crippen MR) is 42.8 cm³/mol. The van der Waals surface area contributed by atoms with Gasteiger partial charge in [0.1, 0.15) is 6.61 Å². The molecule has 0 saturated carbocycles. The van der Waals surface area contributed by atoms with Crippen molar-refractivity contribution < 1.29 is 18.9 Å². The average molecular weight is 176 g/mol. The van der Waals surface area contributed by atoms with Crippen LogP contribution in [0, 0.1) is 0 Å². The zero-order valence-corrected chi connectivity index (χ0v) is 7.67. The largest absolute Gasteiger partial charge is 0.371 e. The molecule has 0 aromatic carbocycles. The molecule has 0 amide bonds. The quantitative estimate of drug-likeness (QED) is 0.592. The molecule has 1 saturated heterocycles. The van der Waals surface area contributed by atoms with Gasteiger partial charge in [0.25, 0.3) is 0 Å². The van der Waals surface area contributed by atoms with E-state index in [2.05, 4.69) is 0 Å². The Hall–Kier alpha value is -0.160. The van der Waals surface area contributed by atoms with E-state index in [1.165, 1.54) is 0 Å². The van der Waals surface area contributed by atoms with Gasteiger partial charge in [-0.25, -0.2) is 0 Å². The minimum Gasteiger partial charge on any atom is -0.371 e. The third-order valence-corrected chi connectivity index (χ3v) is 1.56. The van der Waals surface area contributed by atoms with E-state index in [4.69, 9.17) is 18.9 Å². The number of hydrogen-bond acceptors (Lipinski definition) is 4. The minimum atomic E-state index is -0.943. The van der Waals surface area contributed by atoms with Crippen LogP contribution in [0.5, 0.6) is 0 Å². The van der Waals surface area contributed by atoms with Crippen LogP contribution in [0.3, 0.4) is 0 Å². The minimum absolute atomic E-state index is 0.356. The molecule has 0 aromatic rings. The molecular formula is C8H16O4. The lowest BCUT2D eigenvalue weighted by Crippen LogP contribution is -2.48. The van der Waals surface area contributed by atoms with Crippen LogP contribution < -0.4 is 0 Å².